The number of nitrogens with zero attached hydrogens (tertiary/aromatic N) is 2. The highest BCUT2D eigenvalue weighted by atomic mass is 16.2. The lowest BCUT2D eigenvalue weighted by molar-refractivity contribution is -0.130. The van der Waals surface area contributed by atoms with Crippen molar-refractivity contribution >= 4 is 5.91 Å². The molecule has 1 rings (SSSR count). The minimum Gasteiger partial charge on any atom is -0.326 e. The van der Waals surface area contributed by atoms with E-state index >= 15 is 0 Å². The topological polar surface area (TPSA) is 35.6 Å². The van der Waals surface area contributed by atoms with Gasteiger partial charge in [0.15, 0.2) is 0 Å². The molecular formula is C15H31N3O. The smallest absolute Gasteiger partial charge is 0.241 e. The molecule has 19 heavy (non-hydrogen) atoms. The van der Waals surface area contributed by atoms with Crippen LogP contribution in [0, 0.1) is 5.92 Å². The van der Waals surface area contributed by atoms with Gasteiger partial charge in [0.25, 0.3) is 0 Å². The number of rotatable bonds is 8. The van der Waals surface area contributed by atoms with Gasteiger partial charge in [-0.15, -0.1) is 0 Å². The molecule has 4 heteroatoms. The molecule has 0 aromatic heterocycles. The fraction of sp³-hybridized carbons (Fsp3) is 0.933. The van der Waals surface area contributed by atoms with E-state index in [1.54, 1.807) is 0 Å². The van der Waals surface area contributed by atoms with Crippen molar-refractivity contribution in [1.82, 2.24) is 15.1 Å². The summed E-state index contributed by atoms with van der Waals surface area (Å²) in [5, 5.41) is 3.41. The van der Waals surface area contributed by atoms with E-state index in [4.69, 9.17) is 0 Å². The average Bonchev–Trinajstić information content (AvgIpc) is 2.61. The van der Waals surface area contributed by atoms with Gasteiger partial charge < -0.3 is 9.80 Å². The second kappa shape index (κ2) is 7.85. The van der Waals surface area contributed by atoms with Crippen molar-refractivity contribution in [2.24, 2.45) is 5.92 Å². The Bertz CT molecular complexity index is 277. The third-order valence-electron chi connectivity index (χ3n) is 3.97. The Kier molecular flexibility index (Phi) is 6.80. The summed E-state index contributed by atoms with van der Waals surface area (Å²) in [6, 6.07) is 0.0310. The Labute approximate surface area is 118 Å². The molecule has 1 aliphatic heterocycles. The first kappa shape index (κ1) is 16.4. The molecule has 1 heterocycles. The van der Waals surface area contributed by atoms with Gasteiger partial charge in [-0.25, -0.2) is 0 Å². The van der Waals surface area contributed by atoms with Crippen LogP contribution < -0.4 is 5.32 Å². The van der Waals surface area contributed by atoms with Gasteiger partial charge in [0.1, 0.15) is 0 Å². The molecule has 4 nitrogen and oxygen atoms in total. The van der Waals surface area contributed by atoms with Crippen molar-refractivity contribution < 1.29 is 4.79 Å². The standard InChI is InChI=1S/C15H31N3O/c1-6-17(7-2)9-8-10-18-13(5)16-14(15(18)19)11-12(3)4/h12-14,16H,6-11H2,1-5H3. The molecule has 0 aromatic rings. The molecule has 0 bridgehead atoms. The number of carbonyl (C=O) groups is 1. The van der Waals surface area contributed by atoms with Crippen LogP contribution in [0.1, 0.15) is 47.5 Å². The van der Waals surface area contributed by atoms with Gasteiger partial charge in [-0.05, 0) is 45.3 Å². The molecule has 2 unspecified atom stereocenters. The van der Waals surface area contributed by atoms with E-state index in [0.29, 0.717) is 11.8 Å². The fourth-order valence-electron chi connectivity index (χ4n) is 2.79. The molecule has 0 aromatic carbocycles. The maximum Gasteiger partial charge on any atom is 0.241 e. The molecular weight excluding hydrogens is 238 g/mol. The Balaban J connectivity index is 2.39. The van der Waals surface area contributed by atoms with E-state index in [0.717, 1.165) is 39.0 Å². The van der Waals surface area contributed by atoms with Crippen LogP contribution in [0.4, 0.5) is 0 Å². The Morgan fingerprint density at radius 2 is 1.95 bits per heavy atom. The fourth-order valence-corrected chi connectivity index (χ4v) is 2.79. The van der Waals surface area contributed by atoms with Gasteiger partial charge in [-0.3, -0.25) is 10.1 Å². The van der Waals surface area contributed by atoms with Crippen LogP contribution in [0.2, 0.25) is 0 Å². The SMILES string of the molecule is CCN(CC)CCCN1C(=O)C(CC(C)C)NC1C. The lowest BCUT2D eigenvalue weighted by atomic mass is 10.0. The molecule has 0 radical (unpaired) electrons. The molecule has 112 valence electrons. The zero-order valence-corrected chi connectivity index (χ0v) is 13.3. The molecule has 2 atom stereocenters. The lowest BCUT2D eigenvalue weighted by Gasteiger charge is -2.23. The molecule has 1 aliphatic rings. The molecule has 1 fully saturated rings. The largest absolute Gasteiger partial charge is 0.326 e. The zero-order valence-electron chi connectivity index (χ0n) is 13.3. The summed E-state index contributed by atoms with van der Waals surface area (Å²) in [5.41, 5.74) is 0. The van der Waals surface area contributed by atoms with Gasteiger partial charge in [0.05, 0.1) is 12.2 Å². The summed E-state index contributed by atoms with van der Waals surface area (Å²) >= 11 is 0. The Morgan fingerprint density at radius 1 is 1.32 bits per heavy atom. The summed E-state index contributed by atoms with van der Waals surface area (Å²) in [7, 11) is 0. The number of hydrogen-bond acceptors (Lipinski definition) is 3. The summed E-state index contributed by atoms with van der Waals surface area (Å²) in [6.07, 6.45) is 2.19. The first-order valence-corrected chi connectivity index (χ1v) is 7.78. The first-order valence-electron chi connectivity index (χ1n) is 7.78. The van der Waals surface area contributed by atoms with E-state index < -0.39 is 0 Å². The summed E-state index contributed by atoms with van der Waals surface area (Å²) in [5.74, 6) is 0.852. The van der Waals surface area contributed by atoms with Crippen molar-refractivity contribution in [3.8, 4) is 0 Å². The molecule has 0 spiro atoms. The zero-order chi connectivity index (χ0) is 14.4. The number of amides is 1. The summed E-state index contributed by atoms with van der Waals surface area (Å²) in [6.45, 7) is 14.9. The van der Waals surface area contributed by atoms with Crippen LogP contribution in [0.25, 0.3) is 0 Å². The van der Waals surface area contributed by atoms with Gasteiger partial charge in [0.2, 0.25) is 5.91 Å². The van der Waals surface area contributed by atoms with Crippen molar-refractivity contribution in [1.29, 1.82) is 0 Å². The molecule has 1 amide bonds. The summed E-state index contributed by atoms with van der Waals surface area (Å²) in [4.78, 5) is 16.7. The van der Waals surface area contributed by atoms with E-state index in [-0.39, 0.29) is 12.2 Å². The Hall–Kier alpha value is -0.610. The highest BCUT2D eigenvalue weighted by Crippen LogP contribution is 2.17. The van der Waals surface area contributed by atoms with E-state index in [9.17, 15) is 4.79 Å². The van der Waals surface area contributed by atoms with Crippen LogP contribution in [0.15, 0.2) is 0 Å². The predicted octanol–water partition coefficient (Wildman–Crippen LogP) is 1.91. The quantitative estimate of drug-likeness (QED) is 0.731. The van der Waals surface area contributed by atoms with Crippen LogP contribution in [-0.4, -0.2) is 54.1 Å². The lowest BCUT2D eigenvalue weighted by Crippen LogP contribution is -2.37. The maximum atomic E-state index is 12.3. The van der Waals surface area contributed by atoms with E-state index in [1.807, 2.05) is 4.90 Å². The number of nitrogens with one attached hydrogen (secondary N) is 1. The van der Waals surface area contributed by atoms with Crippen LogP contribution in [0.3, 0.4) is 0 Å². The van der Waals surface area contributed by atoms with Crippen LogP contribution >= 0.6 is 0 Å². The highest BCUT2D eigenvalue weighted by Gasteiger charge is 2.35. The third kappa shape index (κ3) is 4.77. The molecule has 0 saturated carbocycles. The highest BCUT2D eigenvalue weighted by molar-refractivity contribution is 5.84. The van der Waals surface area contributed by atoms with Gasteiger partial charge in [0, 0.05) is 6.54 Å². The molecule has 1 N–H and O–H groups in total. The second-order valence-corrected chi connectivity index (χ2v) is 5.94. The van der Waals surface area contributed by atoms with Gasteiger partial charge in [-0.1, -0.05) is 27.7 Å². The Morgan fingerprint density at radius 3 is 2.47 bits per heavy atom. The number of hydrogen-bond donors (Lipinski definition) is 1. The average molecular weight is 269 g/mol. The van der Waals surface area contributed by atoms with Gasteiger partial charge >= 0.3 is 0 Å². The van der Waals surface area contributed by atoms with Crippen molar-refractivity contribution in [2.75, 3.05) is 26.2 Å². The molecule has 0 aliphatic carbocycles. The predicted molar refractivity (Wildman–Crippen MR) is 80.0 cm³/mol. The van der Waals surface area contributed by atoms with Crippen molar-refractivity contribution in [2.45, 2.75) is 59.7 Å². The molecule has 1 saturated heterocycles. The maximum absolute atomic E-state index is 12.3. The monoisotopic (exact) mass is 269 g/mol. The van der Waals surface area contributed by atoms with Crippen molar-refractivity contribution in [3.05, 3.63) is 0 Å². The van der Waals surface area contributed by atoms with E-state index in [1.165, 1.54) is 0 Å². The van der Waals surface area contributed by atoms with Crippen molar-refractivity contribution in [3.63, 3.8) is 0 Å². The number of carbonyl (C=O) groups excluding carboxylic acids is 1. The van der Waals surface area contributed by atoms with E-state index in [2.05, 4.69) is 44.8 Å². The normalized spacial score (nSPS) is 23.9. The van der Waals surface area contributed by atoms with Gasteiger partial charge in [-0.2, -0.15) is 0 Å². The second-order valence-electron chi connectivity index (χ2n) is 5.94. The third-order valence-corrected chi connectivity index (χ3v) is 3.97. The minimum atomic E-state index is 0.0310. The minimum absolute atomic E-state index is 0.0310. The summed E-state index contributed by atoms with van der Waals surface area (Å²) < 4.78 is 0. The van der Waals surface area contributed by atoms with Crippen LogP contribution in [-0.2, 0) is 4.79 Å². The first-order chi connectivity index (χ1) is 8.99. The van der Waals surface area contributed by atoms with Crippen LogP contribution in [0.5, 0.6) is 0 Å².